The number of carbonyl (C=O) groups is 2. The van der Waals surface area contributed by atoms with Crippen LogP contribution in [0.1, 0.15) is 20.7 Å². The van der Waals surface area contributed by atoms with Crippen molar-refractivity contribution in [2.75, 3.05) is 14.2 Å². The van der Waals surface area contributed by atoms with Crippen LogP contribution in [0, 0.1) is 0 Å². The molecule has 0 saturated carbocycles. The second-order valence-corrected chi connectivity index (χ2v) is 5.52. The lowest BCUT2D eigenvalue weighted by molar-refractivity contribution is 0.0594. The summed E-state index contributed by atoms with van der Waals surface area (Å²) < 4.78 is 9.64. The molecule has 112 valence electrons. The van der Waals surface area contributed by atoms with Gasteiger partial charge in [-0.25, -0.2) is 9.59 Å². The molecule has 0 unspecified atom stereocenters. The fourth-order valence-corrected chi connectivity index (χ4v) is 3.23. The van der Waals surface area contributed by atoms with Gasteiger partial charge in [0, 0.05) is 22.0 Å². The summed E-state index contributed by atoms with van der Waals surface area (Å²) in [6.07, 6.45) is 1.59. The van der Waals surface area contributed by atoms with Crippen LogP contribution < -0.4 is 0 Å². The highest BCUT2D eigenvalue weighted by molar-refractivity contribution is 7.13. The smallest absolute Gasteiger partial charge is 0.340 e. The van der Waals surface area contributed by atoms with E-state index in [4.69, 9.17) is 9.47 Å². The van der Waals surface area contributed by atoms with Gasteiger partial charge in [-0.2, -0.15) is 0 Å². The van der Waals surface area contributed by atoms with Gasteiger partial charge in [0.05, 0.1) is 30.9 Å². The lowest BCUT2D eigenvalue weighted by Gasteiger charge is -2.08. The molecule has 0 amide bonds. The van der Waals surface area contributed by atoms with Crippen LogP contribution in [0.5, 0.6) is 0 Å². The predicted molar refractivity (Wildman–Crippen MR) is 84.3 cm³/mol. The Morgan fingerprint density at radius 1 is 1.05 bits per heavy atom. The van der Waals surface area contributed by atoms with Crippen molar-refractivity contribution in [1.29, 1.82) is 0 Å². The standard InChI is InChI=1S/C16H13NO4S/c1-20-15(18)10-6-5-9-11(16(19)21-2)8-17-14(9)13(10)12-4-3-7-22-12/h3-8,17H,1-2H3. The molecule has 0 aliphatic rings. The molecule has 0 aliphatic heterocycles. The molecule has 0 radical (unpaired) electrons. The van der Waals surface area contributed by atoms with E-state index in [0.29, 0.717) is 22.0 Å². The van der Waals surface area contributed by atoms with Crippen molar-refractivity contribution in [1.82, 2.24) is 4.98 Å². The number of nitrogens with one attached hydrogen (secondary N) is 1. The summed E-state index contributed by atoms with van der Waals surface area (Å²) in [4.78, 5) is 27.9. The molecule has 3 rings (SSSR count). The van der Waals surface area contributed by atoms with Gasteiger partial charge in [0.25, 0.3) is 0 Å². The van der Waals surface area contributed by atoms with Gasteiger partial charge in [-0.3, -0.25) is 0 Å². The minimum atomic E-state index is -0.422. The Kier molecular flexibility index (Phi) is 3.68. The molecule has 1 N–H and O–H groups in total. The SMILES string of the molecule is COC(=O)c1ccc2c(C(=O)OC)c[nH]c2c1-c1cccs1. The highest BCUT2D eigenvalue weighted by atomic mass is 32.1. The van der Waals surface area contributed by atoms with Gasteiger partial charge in [-0.05, 0) is 17.5 Å². The minimum absolute atomic E-state index is 0.417. The van der Waals surface area contributed by atoms with Crippen LogP contribution in [0.25, 0.3) is 21.3 Å². The highest BCUT2D eigenvalue weighted by Gasteiger charge is 2.21. The van der Waals surface area contributed by atoms with Gasteiger partial charge in [0.1, 0.15) is 0 Å². The molecule has 0 aliphatic carbocycles. The fraction of sp³-hybridized carbons (Fsp3) is 0.125. The van der Waals surface area contributed by atoms with Gasteiger partial charge >= 0.3 is 11.9 Å². The quantitative estimate of drug-likeness (QED) is 0.751. The number of H-pyrrole nitrogens is 1. The molecule has 2 aromatic heterocycles. The van der Waals surface area contributed by atoms with E-state index in [-0.39, 0.29) is 0 Å². The van der Waals surface area contributed by atoms with Crippen LogP contribution in [0.3, 0.4) is 0 Å². The molecule has 0 saturated heterocycles. The Morgan fingerprint density at radius 3 is 2.41 bits per heavy atom. The number of aromatic nitrogens is 1. The van der Waals surface area contributed by atoms with E-state index in [2.05, 4.69) is 4.98 Å². The zero-order chi connectivity index (χ0) is 15.7. The van der Waals surface area contributed by atoms with Crippen LogP contribution in [0.2, 0.25) is 0 Å². The van der Waals surface area contributed by atoms with Gasteiger partial charge in [0.15, 0.2) is 0 Å². The molecule has 2 heterocycles. The molecule has 0 fully saturated rings. The summed E-state index contributed by atoms with van der Waals surface area (Å²) in [6, 6.07) is 7.22. The molecule has 0 bridgehead atoms. The van der Waals surface area contributed by atoms with E-state index in [1.54, 1.807) is 18.3 Å². The first-order chi connectivity index (χ1) is 10.7. The number of ether oxygens (including phenoxy) is 2. The van der Waals surface area contributed by atoms with Gasteiger partial charge in [-0.1, -0.05) is 12.1 Å². The van der Waals surface area contributed by atoms with Crippen LogP contribution in [-0.4, -0.2) is 31.1 Å². The summed E-state index contributed by atoms with van der Waals surface area (Å²) in [7, 11) is 2.68. The Morgan fingerprint density at radius 2 is 1.77 bits per heavy atom. The summed E-state index contributed by atoms with van der Waals surface area (Å²) in [6.45, 7) is 0. The first-order valence-corrected chi connectivity index (χ1v) is 7.40. The van der Waals surface area contributed by atoms with E-state index >= 15 is 0 Å². The maximum absolute atomic E-state index is 12.0. The van der Waals surface area contributed by atoms with E-state index < -0.39 is 11.9 Å². The second-order valence-electron chi connectivity index (χ2n) is 4.57. The minimum Gasteiger partial charge on any atom is -0.465 e. The molecule has 22 heavy (non-hydrogen) atoms. The average Bonchev–Trinajstić information content (AvgIpc) is 3.21. The van der Waals surface area contributed by atoms with E-state index in [9.17, 15) is 9.59 Å². The summed E-state index contributed by atoms with van der Waals surface area (Å²) in [5, 5.41) is 2.64. The van der Waals surface area contributed by atoms with Crippen molar-refractivity contribution in [3.05, 3.63) is 47.0 Å². The van der Waals surface area contributed by atoms with Crippen LogP contribution in [0.15, 0.2) is 35.8 Å². The number of rotatable bonds is 3. The first-order valence-electron chi connectivity index (χ1n) is 6.52. The predicted octanol–water partition coefficient (Wildman–Crippen LogP) is 3.47. The molecule has 3 aromatic rings. The zero-order valence-corrected chi connectivity index (χ0v) is 12.8. The molecule has 0 atom stereocenters. The summed E-state index contributed by atoms with van der Waals surface area (Å²) in [5.74, 6) is -0.839. The van der Waals surface area contributed by atoms with Crippen molar-refractivity contribution < 1.29 is 19.1 Å². The number of esters is 2. The highest BCUT2D eigenvalue weighted by Crippen LogP contribution is 2.36. The van der Waals surface area contributed by atoms with Gasteiger partial charge in [-0.15, -0.1) is 11.3 Å². The van der Waals surface area contributed by atoms with Crippen molar-refractivity contribution >= 4 is 34.2 Å². The number of methoxy groups -OCH3 is 2. The topological polar surface area (TPSA) is 68.4 Å². The molecular weight excluding hydrogens is 302 g/mol. The number of aromatic amines is 1. The molecular formula is C16H13NO4S. The summed E-state index contributed by atoms with van der Waals surface area (Å²) >= 11 is 1.51. The van der Waals surface area contributed by atoms with Gasteiger partial charge < -0.3 is 14.5 Å². The lowest BCUT2D eigenvalue weighted by Crippen LogP contribution is -2.04. The van der Waals surface area contributed by atoms with Crippen molar-refractivity contribution in [2.24, 2.45) is 0 Å². The maximum Gasteiger partial charge on any atom is 0.340 e. The Bertz CT molecular complexity index is 849. The second kappa shape index (κ2) is 5.65. The third-order valence-electron chi connectivity index (χ3n) is 3.43. The molecule has 5 nitrogen and oxygen atoms in total. The zero-order valence-electron chi connectivity index (χ0n) is 12.0. The Balaban J connectivity index is 2.33. The number of hydrogen-bond acceptors (Lipinski definition) is 5. The number of thiophene rings is 1. The molecule has 1 aromatic carbocycles. The Labute approximate surface area is 130 Å². The fourth-order valence-electron chi connectivity index (χ4n) is 2.43. The monoisotopic (exact) mass is 315 g/mol. The first kappa shape index (κ1) is 14.3. The molecule has 6 heteroatoms. The van der Waals surface area contributed by atoms with E-state index in [0.717, 1.165) is 10.4 Å². The van der Waals surface area contributed by atoms with Crippen LogP contribution in [-0.2, 0) is 9.47 Å². The number of benzene rings is 1. The number of carbonyl (C=O) groups excluding carboxylic acids is 2. The van der Waals surface area contributed by atoms with E-state index in [1.165, 1.54) is 25.6 Å². The van der Waals surface area contributed by atoms with Crippen LogP contribution in [0.4, 0.5) is 0 Å². The Hall–Kier alpha value is -2.60. The molecule has 0 spiro atoms. The van der Waals surface area contributed by atoms with Gasteiger partial charge in [0.2, 0.25) is 0 Å². The lowest BCUT2D eigenvalue weighted by atomic mass is 10.0. The maximum atomic E-state index is 12.0. The average molecular weight is 315 g/mol. The van der Waals surface area contributed by atoms with Crippen molar-refractivity contribution in [2.45, 2.75) is 0 Å². The van der Waals surface area contributed by atoms with Crippen molar-refractivity contribution in [3.8, 4) is 10.4 Å². The van der Waals surface area contributed by atoms with Crippen molar-refractivity contribution in [3.63, 3.8) is 0 Å². The largest absolute Gasteiger partial charge is 0.465 e. The summed E-state index contributed by atoms with van der Waals surface area (Å²) in [5.41, 5.74) is 2.34. The normalized spacial score (nSPS) is 10.6. The van der Waals surface area contributed by atoms with E-state index in [1.807, 2.05) is 17.5 Å². The van der Waals surface area contributed by atoms with Crippen LogP contribution >= 0.6 is 11.3 Å². The number of fused-ring (bicyclic) bond motifs is 1. The third-order valence-corrected chi connectivity index (χ3v) is 4.32. The third kappa shape index (κ3) is 2.17. The number of hydrogen-bond donors (Lipinski definition) is 1.